The minimum absolute atomic E-state index is 0.545. The van der Waals surface area contributed by atoms with Gasteiger partial charge < -0.3 is 9.88 Å². The molecule has 0 aromatic carbocycles. The van der Waals surface area contributed by atoms with Crippen molar-refractivity contribution in [1.29, 1.82) is 0 Å². The Morgan fingerprint density at radius 1 is 1.32 bits per heavy atom. The maximum atomic E-state index is 4.35. The van der Waals surface area contributed by atoms with Gasteiger partial charge in [-0.05, 0) is 19.3 Å². The van der Waals surface area contributed by atoms with Crippen molar-refractivity contribution in [3.8, 4) is 0 Å². The lowest BCUT2D eigenvalue weighted by molar-refractivity contribution is 0.377. The van der Waals surface area contributed by atoms with E-state index in [4.69, 9.17) is 0 Å². The minimum Gasteiger partial charge on any atom is -0.369 e. The van der Waals surface area contributed by atoms with Crippen LogP contribution < -0.4 is 5.32 Å². The van der Waals surface area contributed by atoms with Crippen LogP contribution in [0.1, 0.15) is 18.1 Å². The van der Waals surface area contributed by atoms with Gasteiger partial charge in [-0.3, -0.25) is 4.68 Å². The highest BCUT2D eigenvalue weighted by Gasteiger charge is 2.21. The highest BCUT2D eigenvalue weighted by atomic mass is 15.3. The highest BCUT2D eigenvalue weighted by molar-refractivity contribution is 5.85. The molecule has 8 heteroatoms. The zero-order valence-electron chi connectivity index (χ0n) is 12.7. The molecule has 3 aromatic rings. The van der Waals surface area contributed by atoms with Crippen LogP contribution in [0, 0.1) is 12.8 Å². The molecule has 0 bridgehead atoms. The maximum Gasteiger partial charge on any atom is 0.163 e. The van der Waals surface area contributed by atoms with Crippen molar-refractivity contribution in [3.05, 3.63) is 24.2 Å². The van der Waals surface area contributed by atoms with Crippen molar-refractivity contribution >= 4 is 16.9 Å². The second kappa shape index (κ2) is 5.04. The van der Waals surface area contributed by atoms with Crippen molar-refractivity contribution in [2.45, 2.75) is 26.3 Å². The molecule has 1 N–H and O–H groups in total. The van der Waals surface area contributed by atoms with E-state index >= 15 is 0 Å². The number of anilines is 1. The summed E-state index contributed by atoms with van der Waals surface area (Å²) in [6.07, 6.45) is 5.49. The molecule has 114 valence electrons. The number of fused-ring (bicyclic) bond motifs is 2. The molecular weight excluding hydrogens is 280 g/mol. The molecule has 1 aliphatic rings. The number of aromatic nitrogens is 7. The number of nitrogens with zero attached hydrogens (tertiary/aromatic N) is 7. The molecule has 1 unspecified atom stereocenters. The minimum atomic E-state index is 0.545. The van der Waals surface area contributed by atoms with Gasteiger partial charge in [0.2, 0.25) is 0 Å². The average molecular weight is 298 g/mol. The molecular formula is C14H18N8. The number of hydrogen-bond acceptors (Lipinski definition) is 6. The lowest BCUT2D eigenvalue weighted by atomic mass is 9.99. The first-order valence-corrected chi connectivity index (χ1v) is 7.47. The van der Waals surface area contributed by atoms with Crippen molar-refractivity contribution in [1.82, 2.24) is 34.5 Å². The number of hydrogen-bond donors (Lipinski definition) is 1. The van der Waals surface area contributed by atoms with E-state index < -0.39 is 0 Å². The fraction of sp³-hybridized carbons (Fsp3) is 0.500. The third kappa shape index (κ3) is 2.11. The first kappa shape index (κ1) is 13.2. The first-order chi connectivity index (χ1) is 10.7. The van der Waals surface area contributed by atoms with Crippen molar-refractivity contribution in [3.63, 3.8) is 0 Å². The predicted molar refractivity (Wildman–Crippen MR) is 81.4 cm³/mol. The third-order valence-electron chi connectivity index (χ3n) is 4.32. The maximum absolute atomic E-state index is 4.35. The standard InChI is InChI=1S/C14H18N8/c1-9-19-20-12-4-3-10(7-22(9)12)5-15-13-11-6-18-21(2)14(11)17-8-16-13/h6,8,10H,3-5,7H2,1-2H3,(H,15,16,17). The summed E-state index contributed by atoms with van der Waals surface area (Å²) < 4.78 is 3.98. The summed E-state index contributed by atoms with van der Waals surface area (Å²) in [7, 11) is 1.89. The third-order valence-corrected chi connectivity index (χ3v) is 4.32. The SMILES string of the molecule is Cc1nnc2n1CC(CNc1ncnc3c1cnn3C)CC2. The summed E-state index contributed by atoms with van der Waals surface area (Å²) in [5.74, 6) is 3.50. The lowest BCUT2D eigenvalue weighted by Gasteiger charge is -2.24. The zero-order valence-corrected chi connectivity index (χ0v) is 12.7. The summed E-state index contributed by atoms with van der Waals surface area (Å²) in [6, 6.07) is 0. The number of rotatable bonds is 3. The topological polar surface area (TPSA) is 86.3 Å². The van der Waals surface area contributed by atoms with E-state index in [-0.39, 0.29) is 0 Å². The number of aryl methyl sites for hydroxylation is 3. The monoisotopic (exact) mass is 298 g/mol. The normalized spacial score (nSPS) is 17.6. The van der Waals surface area contributed by atoms with E-state index in [1.54, 1.807) is 17.2 Å². The van der Waals surface area contributed by atoms with Gasteiger partial charge in [-0.15, -0.1) is 10.2 Å². The smallest absolute Gasteiger partial charge is 0.163 e. The summed E-state index contributed by atoms with van der Waals surface area (Å²) >= 11 is 0. The van der Waals surface area contributed by atoms with Crippen LogP contribution in [-0.4, -0.2) is 41.1 Å². The van der Waals surface area contributed by atoms with Gasteiger partial charge in [0, 0.05) is 26.6 Å². The first-order valence-electron chi connectivity index (χ1n) is 7.47. The summed E-state index contributed by atoms with van der Waals surface area (Å²) in [6.45, 7) is 3.84. The molecule has 0 spiro atoms. The summed E-state index contributed by atoms with van der Waals surface area (Å²) in [5, 5.41) is 17.0. The van der Waals surface area contributed by atoms with Crippen LogP contribution >= 0.6 is 0 Å². The Labute approximate surface area is 127 Å². The van der Waals surface area contributed by atoms with Crippen LogP contribution in [-0.2, 0) is 20.0 Å². The van der Waals surface area contributed by atoms with E-state index in [1.807, 2.05) is 14.0 Å². The predicted octanol–water partition coefficient (Wildman–Crippen LogP) is 0.938. The molecule has 4 heterocycles. The van der Waals surface area contributed by atoms with Gasteiger partial charge in [0.25, 0.3) is 0 Å². The Bertz CT molecular complexity index is 817. The molecule has 0 saturated carbocycles. The van der Waals surface area contributed by atoms with Crippen LogP contribution in [0.4, 0.5) is 5.82 Å². The van der Waals surface area contributed by atoms with Gasteiger partial charge in [0.05, 0.1) is 11.6 Å². The fourth-order valence-electron chi connectivity index (χ4n) is 3.04. The molecule has 1 aliphatic heterocycles. The van der Waals surface area contributed by atoms with Gasteiger partial charge in [-0.25, -0.2) is 9.97 Å². The van der Waals surface area contributed by atoms with Gasteiger partial charge in [0.15, 0.2) is 5.65 Å². The molecule has 8 nitrogen and oxygen atoms in total. The van der Waals surface area contributed by atoms with E-state index in [0.29, 0.717) is 5.92 Å². The van der Waals surface area contributed by atoms with Gasteiger partial charge in [-0.2, -0.15) is 5.10 Å². The second-order valence-corrected chi connectivity index (χ2v) is 5.79. The van der Waals surface area contributed by atoms with E-state index in [0.717, 1.165) is 54.4 Å². The van der Waals surface area contributed by atoms with Crippen LogP contribution in [0.3, 0.4) is 0 Å². The quantitative estimate of drug-likeness (QED) is 0.774. The van der Waals surface area contributed by atoms with Crippen molar-refractivity contribution in [2.75, 3.05) is 11.9 Å². The van der Waals surface area contributed by atoms with Gasteiger partial charge in [0.1, 0.15) is 23.8 Å². The molecule has 4 rings (SSSR count). The van der Waals surface area contributed by atoms with Crippen molar-refractivity contribution < 1.29 is 0 Å². The Balaban J connectivity index is 1.50. The molecule has 0 aliphatic carbocycles. The largest absolute Gasteiger partial charge is 0.369 e. The lowest BCUT2D eigenvalue weighted by Crippen LogP contribution is -2.27. The Morgan fingerprint density at radius 2 is 2.23 bits per heavy atom. The Hall–Kier alpha value is -2.51. The highest BCUT2D eigenvalue weighted by Crippen LogP contribution is 2.22. The molecule has 1 atom stereocenters. The molecule has 0 radical (unpaired) electrons. The van der Waals surface area contributed by atoms with E-state index in [9.17, 15) is 0 Å². The zero-order chi connectivity index (χ0) is 15.1. The molecule has 0 amide bonds. The summed E-state index contributed by atoms with van der Waals surface area (Å²) in [5.41, 5.74) is 0.845. The molecule has 0 saturated heterocycles. The van der Waals surface area contributed by atoms with Crippen LogP contribution in [0.25, 0.3) is 11.0 Å². The fourth-order valence-corrected chi connectivity index (χ4v) is 3.04. The second-order valence-electron chi connectivity index (χ2n) is 5.79. The van der Waals surface area contributed by atoms with Crippen LogP contribution in [0.15, 0.2) is 12.5 Å². The molecule has 22 heavy (non-hydrogen) atoms. The van der Waals surface area contributed by atoms with Gasteiger partial charge in [-0.1, -0.05) is 0 Å². The Kier molecular flexibility index (Phi) is 3.02. The van der Waals surface area contributed by atoms with E-state index in [2.05, 4.69) is 35.1 Å². The average Bonchev–Trinajstić information content (AvgIpc) is 3.10. The van der Waals surface area contributed by atoms with Crippen molar-refractivity contribution in [2.24, 2.45) is 13.0 Å². The summed E-state index contributed by atoms with van der Waals surface area (Å²) in [4.78, 5) is 8.61. The number of nitrogens with one attached hydrogen (secondary N) is 1. The van der Waals surface area contributed by atoms with E-state index in [1.165, 1.54) is 0 Å². The molecule has 3 aromatic heterocycles. The Morgan fingerprint density at radius 3 is 3.14 bits per heavy atom. The van der Waals surface area contributed by atoms with Crippen LogP contribution in [0.5, 0.6) is 0 Å². The molecule has 0 fully saturated rings. The van der Waals surface area contributed by atoms with Crippen LogP contribution in [0.2, 0.25) is 0 Å². The van der Waals surface area contributed by atoms with Gasteiger partial charge >= 0.3 is 0 Å².